The highest BCUT2D eigenvalue weighted by atomic mass is 16.6. The van der Waals surface area contributed by atoms with E-state index < -0.39 is 17.7 Å². The van der Waals surface area contributed by atoms with Gasteiger partial charge in [0.2, 0.25) is 0 Å². The van der Waals surface area contributed by atoms with E-state index in [1.165, 1.54) is 4.90 Å². The predicted molar refractivity (Wildman–Crippen MR) is 93.7 cm³/mol. The van der Waals surface area contributed by atoms with Gasteiger partial charge in [0.15, 0.2) is 0 Å². The van der Waals surface area contributed by atoms with Crippen LogP contribution in [0.4, 0.5) is 9.59 Å². The molecule has 0 aliphatic carbocycles. The number of hydrogen-bond acceptors (Lipinski definition) is 6. The van der Waals surface area contributed by atoms with Crippen molar-refractivity contribution in [2.75, 3.05) is 26.2 Å². The Balaban J connectivity index is 1.84. The summed E-state index contributed by atoms with van der Waals surface area (Å²) >= 11 is 0. The minimum atomic E-state index is -0.603. The van der Waals surface area contributed by atoms with Crippen molar-refractivity contribution in [3.63, 3.8) is 0 Å². The lowest BCUT2D eigenvalue weighted by Crippen LogP contribution is -2.46. The Labute approximate surface area is 154 Å². The molecule has 2 saturated heterocycles. The molecule has 0 N–H and O–H groups in total. The van der Waals surface area contributed by atoms with E-state index in [1.54, 1.807) is 32.6 Å². The van der Waals surface area contributed by atoms with E-state index in [9.17, 15) is 14.4 Å². The Hall–Kier alpha value is -1.99. The van der Waals surface area contributed by atoms with Gasteiger partial charge in [-0.2, -0.15) is 0 Å². The van der Waals surface area contributed by atoms with E-state index in [-0.39, 0.29) is 18.2 Å². The lowest BCUT2D eigenvalue weighted by Gasteiger charge is -2.32. The van der Waals surface area contributed by atoms with Crippen molar-refractivity contribution in [2.45, 2.75) is 71.1 Å². The lowest BCUT2D eigenvalue weighted by molar-refractivity contribution is -0.156. The van der Waals surface area contributed by atoms with Crippen LogP contribution in [0.5, 0.6) is 0 Å². The number of rotatable bonds is 3. The van der Waals surface area contributed by atoms with Crippen molar-refractivity contribution in [2.24, 2.45) is 0 Å². The number of likely N-dealkylation sites (tertiary alicyclic amines) is 2. The van der Waals surface area contributed by atoms with Gasteiger partial charge in [-0.05, 0) is 40.5 Å². The molecular formula is C18H30N2O6. The predicted octanol–water partition coefficient (Wildman–Crippen LogP) is 2.55. The summed E-state index contributed by atoms with van der Waals surface area (Å²) < 4.78 is 16.0. The van der Waals surface area contributed by atoms with Crippen LogP contribution in [0, 0.1) is 0 Å². The van der Waals surface area contributed by atoms with Gasteiger partial charge in [-0.25, -0.2) is 14.4 Å². The second-order valence-corrected chi connectivity index (χ2v) is 7.65. The Kier molecular flexibility index (Phi) is 6.72. The molecule has 0 aromatic carbocycles. The molecule has 0 aromatic heterocycles. The van der Waals surface area contributed by atoms with Gasteiger partial charge in [0, 0.05) is 32.5 Å². The molecular weight excluding hydrogens is 340 g/mol. The highest BCUT2D eigenvalue weighted by Crippen LogP contribution is 2.24. The summed E-state index contributed by atoms with van der Waals surface area (Å²) in [5.41, 5.74) is -0.603. The molecule has 148 valence electrons. The maximum absolute atomic E-state index is 12.5. The monoisotopic (exact) mass is 370 g/mol. The first-order chi connectivity index (χ1) is 12.2. The molecule has 2 rings (SSSR count). The van der Waals surface area contributed by atoms with Gasteiger partial charge in [0.05, 0.1) is 6.61 Å². The van der Waals surface area contributed by atoms with E-state index in [4.69, 9.17) is 14.2 Å². The molecule has 26 heavy (non-hydrogen) atoms. The molecule has 0 radical (unpaired) electrons. The van der Waals surface area contributed by atoms with Crippen molar-refractivity contribution in [1.29, 1.82) is 0 Å². The van der Waals surface area contributed by atoms with Crippen molar-refractivity contribution < 1.29 is 28.6 Å². The fraction of sp³-hybridized carbons (Fsp3) is 0.833. The third-order valence-electron chi connectivity index (χ3n) is 4.40. The zero-order chi connectivity index (χ0) is 19.3. The van der Waals surface area contributed by atoms with Gasteiger partial charge in [0.1, 0.15) is 17.7 Å². The Morgan fingerprint density at radius 2 is 1.65 bits per heavy atom. The molecule has 1 atom stereocenters. The number of ether oxygens (including phenoxy) is 3. The highest BCUT2D eigenvalue weighted by Gasteiger charge is 2.39. The summed E-state index contributed by atoms with van der Waals surface area (Å²) in [4.78, 5) is 39.6. The van der Waals surface area contributed by atoms with Crippen LogP contribution in [0.15, 0.2) is 0 Å². The molecule has 2 aliphatic heterocycles. The standard InChI is InChI=1S/C18H30N2O6/c1-5-24-16(22)19-11-8-13(9-12-19)25-15(21)14-7-6-10-20(14)17(23)26-18(2,3)4/h13-14H,5-12H2,1-4H3/t14-/m1/s1. The lowest BCUT2D eigenvalue weighted by atomic mass is 10.1. The molecule has 8 heteroatoms. The summed E-state index contributed by atoms with van der Waals surface area (Å²) in [6, 6.07) is -0.590. The van der Waals surface area contributed by atoms with Crippen LogP contribution >= 0.6 is 0 Å². The fourth-order valence-corrected chi connectivity index (χ4v) is 3.16. The van der Waals surface area contributed by atoms with Crippen molar-refractivity contribution in [3.8, 4) is 0 Å². The second kappa shape index (κ2) is 8.60. The Bertz CT molecular complexity index is 522. The van der Waals surface area contributed by atoms with Crippen LogP contribution in [0.25, 0.3) is 0 Å². The van der Waals surface area contributed by atoms with Crippen LogP contribution in [0.1, 0.15) is 53.4 Å². The van der Waals surface area contributed by atoms with Crippen LogP contribution in [-0.4, -0.2) is 71.9 Å². The molecule has 0 aromatic rings. The van der Waals surface area contributed by atoms with Gasteiger partial charge in [-0.3, -0.25) is 4.90 Å². The minimum Gasteiger partial charge on any atom is -0.461 e. The average Bonchev–Trinajstić information content (AvgIpc) is 3.04. The Morgan fingerprint density at radius 3 is 2.23 bits per heavy atom. The summed E-state index contributed by atoms with van der Waals surface area (Å²) in [6.45, 7) is 8.99. The van der Waals surface area contributed by atoms with Crippen LogP contribution in [-0.2, 0) is 19.0 Å². The molecule has 2 fully saturated rings. The number of esters is 1. The number of amides is 2. The number of carbonyl (C=O) groups is 3. The number of nitrogens with zero attached hydrogens (tertiary/aromatic N) is 2. The third-order valence-corrected chi connectivity index (χ3v) is 4.40. The summed E-state index contributed by atoms with van der Waals surface area (Å²) in [6.07, 6.45) is 1.43. The topological polar surface area (TPSA) is 85.4 Å². The highest BCUT2D eigenvalue weighted by molar-refractivity contribution is 5.82. The molecule has 0 saturated carbocycles. The van der Waals surface area contributed by atoms with Gasteiger partial charge in [-0.15, -0.1) is 0 Å². The van der Waals surface area contributed by atoms with Gasteiger partial charge in [-0.1, -0.05) is 0 Å². The molecule has 0 spiro atoms. The molecule has 0 bridgehead atoms. The average molecular weight is 370 g/mol. The van der Waals surface area contributed by atoms with Gasteiger partial charge in [0.25, 0.3) is 0 Å². The molecule has 2 heterocycles. The quantitative estimate of drug-likeness (QED) is 0.561. The van der Waals surface area contributed by atoms with E-state index in [0.717, 1.165) is 6.42 Å². The van der Waals surface area contributed by atoms with E-state index in [0.29, 0.717) is 45.5 Å². The summed E-state index contributed by atoms with van der Waals surface area (Å²) in [5.74, 6) is -0.386. The number of piperidine rings is 1. The summed E-state index contributed by atoms with van der Waals surface area (Å²) in [7, 11) is 0. The number of hydrogen-bond donors (Lipinski definition) is 0. The number of carbonyl (C=O) groups excluding carboxylic acids is 3. The minimum absolute atomic E-state index is 0.241. The SMILES string of the molecule is CCOC(=O)N1CCC(OC(=O)[C@H]2CCCN2C(=O)OC(C)(C)C)CC1. The van der Waals surface area contributed by atoms with Crippen molar-refractivity contribution >= 4 is 18.2 Å². The van der Waals surface area contributed by atoms with Crippen molar-refractivity contribution in [3.05, 3.63) is 0 Å². The van der Waals surface area contributed by atoms with Crippen LogP contribution in [0.2, 0.25) is 0 Å². The zero-order valence-electron chi connectivity index (χ0n) is 16.2. The first-order valence-electron chi connectivity index (χ1n) is 9.33. The normalized spacial score (nSPS) is 21.5. The fourth-order valence-electron chi connectivity index (χ4n) is 3.16. The van der Waals surface area contributed by atoms with Crippen LogP contribution in [0.3, 0.4) is 0 Å². The van der Waals surface area contributed by atoms with Gasteiger partial charge >= 0.3 is 18.2 Å². The van der Waals surface area contributed by atoms with E-state index in [1.807, 2.05) is 0 Å². The van der Waals surface area contributed by atoms with E-state index in [2.05, 4.69) is 0 Å². The third kappa shape index (κ3) is 5.51. The first-order valence-corrected chi connectivity index (χ1v) is 9.33. The molecule has 2 amide bonds. The summed E-state index contributed by atoms with van der Waals surface area (Å²) in [5, 5.41) is 0. The second-order valence-electron chi connectivity index (χ2n) is 7.65. The largest absolute Gasteiger partial charge is 0.461 e. The maximum Gasteiger partial charge on any atom is 0.411 e. The van der Waals surface area contributed by atoms with Crippen molar-refractivity contribution in [1.82, 2.24) is 9.80 Å². The molecule has 8 nitrogen and oxygen atoms in total. The van der Waals surface area contributed by atoms with E-state index >= 15 is 0 Å². The van der Waals surface area contributed by atoms with Crippen LogP contribution < -0.4 is 0 Å². The zero-order valence-corrected chi connectivity index (χ0v) is 16.2. The molecule has 0 unspecified atom stereocenters. The smallest absolute Gasteiger partial charge is 0.411 e. The molecule has 2 aliphatic rings. The Morgan fingerprint density at radius 1 is 1.00 bits per heavy atom. The van der Waals surface area contributed by atoms with Gasteiger partial charge < -0.3 is 19.1 Å². The first kappa shape index (κ1) is 20.3. The maximum atomic E-state index is 12.5.